The van der Waals surface area contributed by atoms with Crippen LogP contribution in [-0.2, 0) is 0 Å². The van der Waals surface area contributed by atoms with Gasteiger partial charge < -0.3 is 20.0 Å². The number of amides is 1. The fourth-order valence-electron chi connectivity index (χ4n) is 4.24. The van der Waals surface area contributed by atoms with E-state index in [4.69, 9.17) is 0 Å². The zero-order valence-corrected chi connectivity index (χ0v) is 17.9. The van der Waals surface area contributed by atoms with Gasteiger partial charge in [0.25, 0.3) is 11.6 Å². The Morgan fingerprint density at radius 3 is 2.23 bits per heavy atom. The van der Waals surface area contributed by atoms with E-state index in [-0.39, 0.29) is 17.2 Å². The molecule has 2 aromatic carbocycles. The number of hydrogen-bond acceptors (Lipinski definition) is 6. The molecular weight excluding hydrogens is 394 g/mol. The molecular formula is C23H29N5O3. The molecule has 0 aromatic heterocycles. The lowest BCUT2D eigenvalue weighted by molar-refractivity contribution is -0.384. The van der Waals surface area contributed by atoms with Crippen molar-refractivity contribution in [2.45, 2.75) is 19.3 Å². The van der Waals surface area contributed by atoms with E-state index < -0.39 is 4.92 Å². The van der Waals surface area contributed by atoms with Crippen LogP contribution in [0.4, 0.5) is 22.7 Å². The van der Waals surface area contributed by atoms with Gasteiger partial charge in [-0.05, 0) is 62.7 Å². The molecule has 2 fully saturated rings. The van der Waals surface area contributed by atoms with Crippen LogP contribution in [0.25, 0.3) is 0 Å². The van der Waals surface area contributed by atoms with Gasteiger partial charge in [0.2, 0.25) is 0 Å². The van der Waals surface area contributed by atoms with Crippen molar-refractivity contribution in [2.24, 2.45) is 0 Å². The Hall–Kier alpha value is -3.13. The minimum absolute atomic E-state index is 0.0139. The maximum atomic E-state index is 12.7. The molecule has 0 radical (unpaired) electrons. The van der Waals surface area contributed by atoms with Gasteiger partial charge in [0.15, 0.2) is 0 Å². The molecule has 0 unspecified atom stereocenters. The van der Waals surface area contributed by atoms with E-state index in [9.17, 15) is 14.9 Å². The third-order valence-corrected chi connectivity index (χ3v) is 6.12. The fourth-order valence-corrected chi connectivity index (χ4v) is 4.24. The Morgan fingerprint density at radius 2 is 1.58 bits per heavy atom. The molecule has 2 saturated heterocycles. The largest absolute Gasteiger partial charge is 0.369 e. The fraction of sp³-hybridized carbons (Fsp3) is 0.435. The molecule has 2 aliphatic rings. The molecule has 31 heavy (non-hydrogen) atoms. The predicted molar refractivity (Wildman–Crippen MR) is 123 cm³/mol. The van der Waals surface area contributed by atoms with E-state index in [2.05, 4.69) is 22.2 Å². The highest BCUT2D eigenvalue weighted by atomic mass is 16.6. The van der Waals surface area contributed by atoms with E-state index in [1.807, 2.05) is 29.2 Å². The van der Waals surface area contributed by atoms with Gasteiger partial charge in [-0.3, -0.25) is 14.9 Å². The Kier molecular flexibility index (Phi) is 6.36. The lowest BCUT2D eigenvalue weighted by Gasteiger charge is -2.34. The second-order valence-electron chi connectivity index (χ2n) is 8.30. The van der Waals surface area contributed by atoms with Crippen molar-refractivity contribution in [1.29, 1.82) is 0 Å². The van der Waals surface area contributed by atoms with Gasteiger partial charge in [0.1, 0.15) is 5.69 Å². The number of nitro benzene ring substituents is 1. The lowest BCUT2D eigenvalue weighted by atomic mass is 10.1. The van der Waals surface area contributed by atoms with Crippen LogP contribution in [0.2, 0.25) is 0 Å². The van der Waals surface area contributed by atoms with E-state index >= 15 is 0 Å². The molecule has 164 valence electrons. The monoisotopic (exact) mass is 423 g/mol. The molecule has 8 nitrogen and oxygen atoms in total. The molecule has 0 aliphatic carbocycles. The SMILES string of the molecule is CN1CCN(c2ccc(NC(=O)c3ccc(N4CCCCC4)c([N+](=O)[O-])c3)cc2)CC1. The Morgan fingerprint density at radius 1 is 0.903 bits per heavy atom. The Balaban J connectivity index is 1.45. The molecule has 1 N–H and O–H groups in total. The van der Waals surface area contributed by atoms with Crippen LogP contribution in [0.1, 0.15) is 29.6 Å². The average molecular weight is 424 g/mol. The molecule has 2 aliphatic heterocycles. The van der Waals surface area contributed by atoms with Crippen molar-refractivity contribution in [1.82, 2.24) is 4.90 Å². The number of likely N-dealkylation sites (N-methyl/N-ethyl adjacent to an activating group) is 1. The first-order valence-corrected chi connectivity index (χ1v) is 10.9. The summed E-state index contributed by atoms with van der Waals surface area (Å²) in [5.74, 6) is -0.347. The molecule has 0 bridgehead atoms. The van der Waals surface area contributed by atoms with Crippen LogP contribution in [-0.4, -0.2) is 62.0 Å². The molecule has 2 aromatic rings. The van der Waals surface area contributed by atoms with E-state index in [1.54, 1.807) is 12.1 Å². The normalized spacial score (nSPS) is 17.5. The number of piperidine rings is 1. The van der Waals surface area contributed by atoms with E-state index in [1.165, 1.54) is 6.07 Å². The minimum atomic E-state index is -0.397. The zero-order chi connectivity index (χ0) is 21.8. The highest BCUT2D eigenvalue weighted by molar-refractivity contribution is 6.05. The zero-order valence-electron chi connectivity index (χ0n) is 17.9. The van der Waals surface area contributed by atoms with Crippen molar-refractivity contribution in [2.75, 3.05) is 61.4 Å². The van der Waals surface area contributed by atoms with Gasteiger partial charge in [0, 0.05) is 62.3 Å². The summed E-state index contributed by atoms with van der Waals surface area (Å²) in [5, 5.41) is 14.5. The van der Waals surface area contributed by atoms with Crippen molar-refractivity contribution in [3.05, 3.63) is 58.1 Å². The summed E-state index contributed by atoms with van der Waals surface area (Å²) >= 11 is 0. The second-order valence-corrected chi connectivity index (χ2v) is 8.30. The molecule has 8 heteroatoms. The van der Waals surface area contributed by atoms with Gasteiger partial charge in [-0.15, -0.1) is 0 Å². The van der Waals surface area contributed by atoms with Gasteiger partial charge in [0.05, 0.1) is 4.92 Å². The topological polar surface area (TPSA) is 82.0 Å². The maximum Gasteiger partial charge on any atom is 0.293 e. The molecule has 1 amide bonds. The third kappa shape index (κ3) is 4.96. The van der Waals surface area contributed by atoms with E-state index in [0.29, 0.717) is 11.4 Å². The quantitative estimate of drug-likeness (QED) is 0.585. The van der Waals surface area contributed by atoms with E-state index in [0.717, 1.165) is 64.2 Å². The predicted octanol–water partition coefficient (Wildman–Crippen LogP) is 3.59. The van der Waals surface area contributed by atoms with Crippen LogP contribution in [0, 0.1) is 10.1 Å². The molecule has 4 rings (SSSR count). The highest BCUT2D eigenvalue weighted by Crippen LogP contribution is 2.31. The number of nitrogens with one attached hydrogen (secondary N) is 1. The Labute approximate surface area is 182 Å². The number of rotatable bonds is 5. The number of carbonyl (C=O) groups is 1. The summed E-state index contributed by atoms with van der Waals surface area (Å²) in [4.78, 5) is 30.7. The first-order chi connectivity index (χ1) is 15.0. The number of piperazine rings is 1. The van der Waals surface area contributed by atoms with Crippen LogP contribution >= 0.6 is 0 Å². The molecule has 2 heterocycles. The van der Waals surface area contributed by atoms with Crippen LogP contribution in [0.15, 0.2) is 42.5 Å². The third-order valence-electron chi connectivity index (χ3n) is 6.12. The van der Waals surface area contributed by atoms with Crippen molar-refractivity contribution in [3.8, 4) is 0 Å². The number of benzene rings is 2. The number of nitrogens with zero attached hydrogens (tertiary/aromatic N) is 4. The first-order valence-electron chi connectivity index (χ1n) is 10.9. The summed E-state index contributed by atoms with van der Waals surface area (Å²) < 4.78 is 0. The summed E-state index contributed by atoms with van der Waals surface area (Å²) in [7, 11) is 2.12. The van der Waals surface area contributed by atoms with Crippen LogP contribution < -0.4 is 15.1 Å². The lowest BCUT2D eigenvalue weighted by Crippen LogP contribution is -2.44. The smallest absolute Gasteiger partial charge is 0.293 e. The van der Waals surface area contributed by atoms with Gasteiger partial charge >= 0.3 is 0 Å². The summed E-state index contributed by atoms with van der Waals surface area (Å²) in [6, 6.07) is 12.5. The van der Waals surface area contributed by atoms with Crippen LogP contribution in [0.5, 0.6) is 0 Å². The number of hydrogen-bond donors (Lipinski definition) is 1. The summed E-state index contributed by atoms with van der Waals surface area (Å²) in [6.45, 7) is 5.65. The van der Waals surface area contributed by atoms with Gasteiger partial charge in [-0.25, -0.2) is 0 Å². The Bertz CT molecular complexity index is 933. The first kappa shape index (κ1) is 21.1. The minimum Gasteiger partial charge on any atom is -0.369 e. The van der Waals surface area contributed by atoms with Crippen molar-refractivity contribution < 1.29 is 9.72 Å². The van der Waals surface area contributed by atoms with Crippen LogP contribution in [0.3, 0.4) is 0 Å². The number of carbonyl (C=O) groups excluding carboxylic acids is 1. The van der Waals surface area contributed by atoms with Gasteiger partial charge in [-0.1, -0.05) is 0 Å². The highest BCUT2D eigenvalue weighted by Gasteiger charge is 2.23. The molecule has 0 atom stereocenters. The number of anilines is 3. The molecule has 0 saturated carbocycles. The average Bonchev–Trinajstić information content (AvgIpc) is 2.80. The van der Waals surface area contributed by atoms with Crippen molar-refractivity contribution in [3.63, 3.8) is 0 Å². The second kappa shape index (κ2) is 9.34. The molecule has 0 spiro atoms. The van der Waals surface area contributed by atoms with Crippen molar-refractivity contribution >= 4 is 28.7 Å². The maximum absolute atomic E-state index is 12.7. The summed E-state index contributed by atoms with van der Waals surface area (Å²) in [5.41, 5.74) is 2.67. The summed E-state index contributed by atoms with van der Waals surface area (Å²) in [6.07, 6.45) is 3.21. The van der Waals surface area contributed by atoms with Gasteiger partial charge in [-0.2, -0.15) is 0 Å². The standard InChI is InChI=1S/C23H29N5O3/c1-25-13-15-26(16-14-25)20-8-6-19(7-9-20)24-23(29)18-5-10-21(22(17-18)28(30)31)27-11-3-2-4-12-27/h5-10,17H,2-4,11-16H2,1H3,(H,24,29). The number of nitro groups is 1.